The summed E-state index contributed by atoms with van der Waals surface area (Å²) in [5.74, 6) is 0.581. The number of fused-ring (bicyclic) bond motifs is 1. The normalized spacial score (nSPS) is 17.2. The van der Waals surface area contributed by atoms with Crippen LogP contribution in [0.15, 0.2) is 48.5 Å². The minimum atomic E-state index is -4.33. The highest BCUT2D eigenvalue weighted by Crippen LogP contribution is 2.32. The van der Waals surface area contributed by atoms with Crippen molar-refractivity contribution in [3.05, 3.63) is 59.7 Å². The van der Waals surface area contributed by atoms with Crippen LogP contribution in [0.4, 0.5) is 18.9 Å². The van der Waals surface area contributed by atoms with Crippen LogP contribution in [0.5, 0.6) is 5.75 Å². The van der Waals surface area contributed by atoms with Crippen LogP contribution in [0, 0.1) is 0 Å². The summed E-state index contributed by atoms with van der Waals surface area (Å²) >= 11 is 0. The highest BCUT2D eigenvalue weighted by molar-refractivity contribution is 5.97. The second-order valence-corrected chi connectivity index (χ2v) is 7.21. The van der Waals surface area contributed by atoms with Gasteiger partial charge in [-0.05, 0) is 30.3 Å². The number of halogens is 4. The number of anilines is 1. The Labute approximate surface area is 179 Å². The fourth-order valence-corrected chi connectivity index (χ4v) is 3.68. The number of ether oxygens (including phenoxy) is 1. The molecule has 162 valence electrons. The Hall–Kier alpha value is -2.45. The molecule has 1 amide bonds. The molecule has 0 unspecified atom stereocenters. The van der Waals surface area contributed by atoms with Crippen molar-refractivity contribution in [3.63, 3.8) is 0 Å². The third kappa shape index (κ3) is 4.82. The van der Waals surface area contributed by atoms with Crippen LogP contribution in [0.3, 0.4) is 0 Å². The second kappa shape index (κ2) is 9.14. The molecular formula is C21H23ClF3N3O2. The number of alkyl halides is 3. The van der Waals surface area contributed by atoms with E-state index in [1.807, 2.05) is 17.0 Å². The van der Waals surface area contributed by atoms with Crippen LogP contribution in [0.1, 0.15) is 15.9 Å². The molecule has 0 N–H and O–H groups in total. The zero-order chi connectivity index (χ0) is 20.4. The lowest BCUT2D eigenvalue weighted by atomic mass is 10.1. The monoisotopic (exact) mass is 441 g/mol. The Morgan fingerprint density at radius 3 is 2.40 bits per heavy atom. The van der Waals surface area contributed by atoms with Crippen molar-refractivity contribution < 1.29 is 22.7 Å². The third-order valence-electron chi connectivity index (χ3n) is 5.38. The standard InChI is InChI=1S/C21H22F3N3O2.ClH/c22-21(23,24)16-4-3-5-17(14-16)26-11-8-25(9-12-26)10-13-27-15-29-19-7-2-1-6-18(19)20(27)28;/h1-7,14H,8-13,15H2;1H. The van der Waals surface area contributed by atoms with E-state index >= 15 is 0 Å². The van der Waals surface area contributed by atoms with Gasteiger partial charge < -0.3 is 14.5 Å². The molecule has 0 spiro atoms. The van der Waals surface area contributed by atoms with Crippen LogP contribution < -0.4 is 9.64 Å². The Kier molecular flexibility index (Phi) is 6.77. The molecule has 2 aromatic carbocycles. The number of benzene rings is 2. The van der Waals surface area contributed by atoms with E-state index < -0.39 is 11.7 Å². The van der Waals surface area contributed by atoms with E-state index in [4.69, 9.17) is 4.74 Å². The Bertz CT molecular complexity index is 886. The number of piperazine rings is 1. The molecule has 2 aliphatic heterocycles. The molecule has 9 heteroatoms. The molecule has 1 saturated heterocycles. The summed E-state index contributed by atoms with van der Waals surface area (Å²) in [7, 11) is 0. The molecule has 0 bridgehead atoms. The lowest BCUT2D eigenvalue weighted by molar-refractivity contribution is -0.137. The van der Waals surface area contributed by atoms with Gasteiger partial charge in [-0.15, -0.1) is 12.4 Å². The minimum absolute atomic E-state index is 0. The Morgan fingerprint density at radius 1 is 0.933 bits per heavy atom. The first-order valence-electron chi connectivity index (χ1n) is 9.57. The summed E-state index contributed by atoms with van der Waals surface area (Å²) in [6.07, 6.45) is -4.33. The zero-order valence-corrected chi connectivity index (χ0v) is 17.1. The minimum Gasteiger partial charge on any atom is -0.472 e. The maximum Gasteiger partial charge on any atom is 0.416 e. The summed E-state index contributed by atoms with van der Waals surface area (Å²) in [6.45, 7) is 4.25. The number of hydrogen-bond acceptors (Lipinski definition) is 4. The number of carbonyl (C=O) groups excluding carboxylic acids is 1. The van der Waals surface area contributed by atoms with Crippen LogP contribution in [0.25, 0.3) is 0 Å². The van der Waals surface area contributed by atoms with Gasteiger partial charge in [-0.25, -0.2) is 0 Å². The van der Waals surface area contributed by atoms with E-state index in [0.29, 0.717) is 43.2 Å². The lowest BCUT2D eigenvalue weighted by Crippen LogP contribution is -2.50. The molecule has 4 rings (SSSR count). The van der Waals surface area contributed by atoms with Gasteiger partial charge in [0.1, 0.15) is 5.75 Å². The number of nitrogens with zero attached hydrogens (tertiary/aromatic N) is 3. The van der Waals surface area contributed by atoms with Crippen molar-refractivity contribution in [1.29, 1.82) is 0 Å². The fourth-order valence-electron chi connectivity index (χ4n) is 3.68. The highest BCUT2D eigenvalue weighted by atomic mass is 35.5. The van der Waals surface area contributed by atoms with Crippen LogP contribution in [0.2, 0.25) is 0 Å². The van der Waals surface area contributed by atoms with Gasteiger partial charge in [0.25, 0.3) is 5.91 Å². The average molecular weight is 442 g/mol. The second-order valence-electron chi connectivity index (χ2n) is 7.21. The van der Waals surface area contributed by atoms with Crippen molar-refractivity contribution in [2.24, 2.45) is 0 Å². The van der Waals surface area contributed by atoms with E-state index in [2.05, 4.69) is 4.90 Å². The van der Waals surface area contributed by atoms with E-state index in [9.17, 15) is 18.0 Å². The molecule has 2 heterocycles. The molecule has 2 aliphatic rings. The van der Waals surface area contributed by atoms with Gasteiger partial charge >= 0.3 is 6.18 Å². The number of amides is 1. The van der Waals surface area contributed by atoms with Crippen molar-refractivity contribution in [1.82, 2.24) is 9.80 Å². The highest BCUT2D eigenvalue weighted by Gasteiger charge is 2.31. The SMILES string of the molecule is Cl.O=C1c2ccccc2OCN1CCN1CCN(c2cccc(C(F)(F)F)c2)CC1. The lowest BCUT2D eigenvalue weighted by Gasteiger charge is -2.37. The predicted octanol–water partition coefficient (Wildman–Crippen LogP) is 3.74. The number of rotatable bonds is 4. The van der Waals surface area contributed by atoms with Crippen molar-refractivity contribution in [3.8, 4) is 5.75 Å². The molecule has 0 radical (unpaired) electrons. The summed E-state index contributed by atoms with van der Waals surface area (Å²) in [5, 5.41) is 0. The Morgan fingerprint density at radius 2 is 1.67 bits per heavy atom. The Balaban J connectivity index is 0.00000256. The maximum absolute atomic E-state index is 12.9. The van der Waals surface area contributed by atoms with Gasteiger partial charge in [-0.3, -0.25) is 9.69 Å². The van der Waals surface area contributed by atoms with Crippen molar-refractivity contribution >= 4 is 24.0 Å². The first-order chi connectivity index (χ1) is 13.9. The molecule has 0 saturated carbocycles. The summed E-state index contributed by atoms with van der Waals surface area (Å²) in [4.78, 5) is 18.4. The fraction of sp³-hybridized carbons (Fsp3) is 0.381. The largest absolute Gasteiger partial charge is 0.472 e. The molecule has 30 heavy (non-hydrogen) atoms. The van der Waals surface area contributed by atoms with E-state index in [1.54, 1.807) is 23.1 Å². The van der Waals surface area contributed by atoms with Crippen molar-refractivity contribution in [2.45, 2.75) is 6.18 Å². The number of carbonyl (C=O) groups is 1. The number of para-hydroxylation sites is 1. The zero-order valence-electron chi connectivity index (χ0n) is 16.3. The molecule has 2 aromatic rings. The van der Waals surface area contributed by atoms with E-state index in [-0.39, 0.29) is 25.0 Å². The van der Waals surface area contributed by atoms with Gasteiger partial charge in [-0.1, -0.05) is 18.2 Å². The van der Waals surface area contributed by atoms with Crippen LogP contribution in [-0.2, 0) is 6.18 Å². The van der Waals surface area contributed by atoms with Gasteiger partial charge in [-0.2, -0.15) is 13.2 Å². The predicted molar refractivity (Wildman–Crippen MR) is 110 cm³/mol. The summed E-state index contributed by atoms with van der Waals surface area (Å²) in [5.41, 5.74) is 0.546. The van der Waals surface area contributed by atoms with E-state index in [1.165, 1.54) is 12.1 Å². The summed E-state index contributed by atoms with van der Waals surface area (Å²) in [6, 6.07) is 12.7. The van der Waals surface area contributed by atoms with Crippen LogP contribution >= 0.6 is 12.4 Å². The molecular weight excluding hydrogens is 419 g/mol. The first kappa shape index (κ1) is 22.2. The average Bonchev–Trinajstić information content (AvgIpc) is 2.73. The topological polar surface area (TPSA) is 36.0 Å². The molecule has 5 nitrogen and oxygen atoms in total. The van der Waals surface area contributed by atoms with Crippen molar-refractivity contribution in [2.75, 3.05) is 50.9 Å². The quantitative estimate of drug-likeness (QED) is 0.724. The summed E-state index contributed by atoms with van der Waals surface area (Å²) < 4.78 is 44.4. The van der Waals surface area contributed by atoms with Crippen LogP contribution in [-0.4, -0.2) is 61.7 Å². The maximum atomic E-state index is 12.9. The van der Waals surface area contributed by atoms with Gasteiger partial charge in [0, 0.05) is 45.0 Å². The van der Waals surface area contributed by atoms with Gasteiger partial charge in [0.2, 0.25) is 0 Å². The third-order valence-corrected chi connectivity index (χ3v) is 5.38. The molecule has 1 fully saturated rings. The number of hydrogen-bond donors (Lipinski definition) is 0. The van der Waals surface area contributed by atoms with E-state index in [0.717, 1.165) is 19.2 Å². The smallest absolute Gasteiger partial charge is 0.416 e. The van der Waals surface area contributed by atoms with Gasteiger partial charge in [0.05, 0.1) is 11.1 Å². The first-order valence-corrected chi connectivity index (χ1v) is 9.57. The molecule has 0 atom stereocenters. The molecule has 0 aliphatic carbocycles. The molecule has 0 aromatic heterocycles. The van der Waals surface area contributed by atoms with Gasteiger partial charge in [0.15, 0.2) is 6.73 Å².